The average Bonchev–Trinajstić information content (AvgIpc) is 2.91. The number of ether oxygens (including phenoxy) is 5. The lowest BCUT2D eigenvalue weighted by molar-refractivity contribution is -0.384. The zero-order valence-corrected chi connectivity index (χ0v) is 21.6. The molecule has 12 heteroatoms. The molecule has 0 unspecified atom stereocenters. The van der Waals surface area contributed by atoms with E-state index in [4.69, 9.17) is 23.7 Å². The number of nitrogens with zero attached hydrogens (tertiary/aromatic N) is 2. The highest BCUT2D eigenvalue weighted by molar-refractivity contribution is 5.87. The maximum atomic E-state index is 12.9. The van der Waals surface area contributed by atoms with Gasteiger partial charge in [-0.25, -0.2) is 9.78 Å². The van der Waals surface area contributed by atoms with Crippen molar-refractivity contribution in [1.82, 2.24) is 9.97 Å². The summed E-state index contributed by atoms with van der Waals surface area (Å²) in [5.74, 6) is 1.96. The second-order valence-corrected chi connectivity index (χ2v) is 8.38. The van der Waals surface area contributed by atoms with Crippen molar-refractivity contribution in [2.24, 2.45) is 0 Å². The summed E-state index contributed by atoms with van der Waals surface area (Å²) < 4.78 is 26.5. The van der Waals surface area contributed by atoms with Crippen LogP contribution in [0, 0.1) is 24.0 Å². The van der Waals surface area contributed by atoms with Crippen LogP contribution in [0.15, 0.2) is 53.3 Å². The molecule has 0 saturated heterocycles. The van der Waals surface area contributed by atoms with Crippen LogP contribution in [0.4, 0.5) is 10.5 Å². The third kappa shape index (κ3) is 6.46. The fourth-order valence-electron chi connectivity index (χ4n) is 3.97. The molecule has 40 heavy (non-hydrogen) atoms. The second-order valence-electron chi connectivity index (χ2n) is 8.38. The Labute approximate surface area is 326 Å². The molecule has 1 heterocycles. The van der Waals surface area contributed by atoms with Gasteiger partial charge in [0.25, 0.3) is 11.2 Å². The van der Waals surface area contributed by atoms with Crippen LogP contribution in [0.5, 0.6) is 23.0 Å². The lowest BCUT2D eigenvalue weighted by Crippen LogP contribution is -2.16. The van der Waals surface area contributed by atoms with Crippen LogP contribution in [0.25, 0.3) is 22.3 Å². The Morgan fingerprint density at radius 2 is 1.68 bits per heavy atom. The van der Waals surface area contributed by atoms with Crippen LogP contribution in [0.2, 0.25) is 0 Å². The number of methoxy groups -OCH3 is 2. The van der Waals surface area contributed by atoms with Crippen molar-refractivity contribution >= 4 is 22.7 Å². The fraction of sp³-hybridized carbons (Fsp3) is 0.250. The molecule has 340 valence electrons. The van der Waals surface area contributed by atoms with Crippen molar-refractivity contribution in [2.45, 2.75) is 21.3 Å². The fourth-order valence-corrected chi connectivity index (χ4v) is 3.97. The van der Waals surface area contributed by atoms with E-state index in [-0.39, 0.29) is 130 Å². The number of fused-ring (bicyclic) bond motifs is 1. The highest BCUT2D eigenvalue weighted by Crippen LogP contribution is 2.31. The Balaban J connectivity index is -0.00000000438. The maximum Gasteiger partial charge on any atom is 0.513 e. The quantitative estimate of drug-likeness (QED) is 0.0593. The summed E-state index contributed by atoms with van der Waals surface area (Å²) in [5, 5.41) is 11.0. The van der Waals surface area contributed by atoms with Gasteiger partial charge in [-0.05, 0) is 49.2 Å². The maximum absolute atomic E-state index is 12.9. The van der Waals surface area contributed by atoms with Gasteiger partial charge >= 0.3 is 6.16 Å². The zero-order chi connectivity index (χ0) is 28.1. The molecule has 0 radical (unpaired) electrons. The van der Waals surface area contributed by atoms with E-state index < -0.39 is 11.1 Å². The molecule has 0 spiro atoms. The van der Waals surface area contributed by atoms with Gasteiger partial charge in [0.05, 0.1) is 24.7 Å². The van der Waals surface area contributed by atoms with Gasteiger partial charge < -0.3 is 28.7 Å². The molecule has 0 bridgehead atoms. The van der Waals surface area contributed by atoms with E-state index in [9.17, 15) is 19.7 Å². The van der Waals surface area contributed by atoms with Crippen LogP contribution < -0.4 is 24.5 Å². The molecule has 0 saturated carbocycles. The molecule has 0 aliphatic rings. The number of hydrogen-bond acceptors (Lipinski definition) is 10. The number of carbonyl (C=O) groups is 1. The molecule has 4 rings (SSSR count). The van der Waals surface area contributed by atoms with Gasteiger partial charge in [-0.3, -0.25) is 14.9 Å². The van der Waals surface area contributed by atoms with E-state index >= 15 is 0 Å². The normalized spacial score (nSPS) is 10.4. The monoisotopic (exact) mass is 682 g/mol. The number of rotatable bonds is 9. The number of nitro benzene ring substituents is 1. The molecule has 1 aromatic heterocycles. The van der Waals surface area contributed by atoms with Crippen molar-refractivity contribution in [1.29, 1.82) is 0 Å². The third-order valence-corrected chi connectivity index (χ3v) is 5.73. The summed E-state index contributed by atoms with van der Waals surface area (Å²) >= 11 is 0. The number of H-pyrrole nitrogens is 1. The van der Waals surface area contributed by atoms with E-state index in [2.05, 4.69) is 9.97 Å². The molecule has 3 aromatic carbocycles. The van der Waals surface area contributed by atoms with E-state index in [0.717, 1.165) is 11.1 Å². The minimum absolute atomic E-state index is 0. The van der Waals surface area contributed by atoms with E-state index in [0.29, 0.717) is 39.5 Å². The number of non-ortho nitro benzene ring substituents is 1. The van der Waals surface area contributed by atoms with Gasteiger partial charge in [-0.2, -0.15) is 0 Å². The number of aromatic amines is 1. The number of benzene rings is 3. The largest absolute Gasteiger partial charge is 0.513 e. The first-order chi connectivity index (χ1) is 18.7. The van der Waals surface area contributed by atoms with Crippen molar-refractivity contribution in [3.63, 3.8) is 0 Å². The van der Waals surface area contributed by atoms with E-state index in [1.165, 1.54) is 38.5 Å². The van der Waals surface area contributed by atoms with Gasteiger partial charge in [0.15, 0.2) is 0 Å². The molecular formula is C28H159N3O9. The molecule has 0 aliphatic heterocycles. The summed E-state index contributed by atoms with van der Waals surface area (Å²) in [7, 11) is 2.99. The van der Waals surface area contributed by atoms with Crippen LogP contribution in [0.3, 0.4) is 0 Å². The lowest BCUT2D eigenvalue weighted by atomic mass is 10.0. The van der Waals surface area contributed by atoms with Crippen molar-refractivity contribution in [2.75, 3.05) is 27.4 Å². The molecule has 4 aromatic rings. The Hall–Kier alpha value is -5.13. The number of aryl methyl sites for hydroxylation is 2. The van der Waals surface area contributed by atoms with Crippen molar-refractivity contribution in [3.05, 3.63) is 80.1 Å². The van der Waals surface area contributed by atoms with Gasteiger partial charge in [-0.15, -0.1) is 0 Å². The molecule has 0 amide bonds. The zero-order valence-electron chi connectivity index (χ0n) is 21.6. The highest BCUT2D eigenvalue weighted by Gasteiger charge is 2.15. The first kappa shape index (κ1) is 29.4. The van der Waals surface area contributed by atoms with Gasteiger partial charge in [0, 0.05) is 123 Å². The first-order valence-electron chi connectivity index (χ1n) is 11.7. The predicted molar refractivity (Wildman–Crippen MR) is 285 cm³/mol. The van der Waals surface area contributed by atoms with Crippen LogP contribution in [0.1, 0.15) is 111 Å². The first-order valence-corrected chi connectivity index (χ1v) is 11.7. The molecule has 0 fully saturated rings. The van der Waals surface area contributed by atoms with E-state index in [1.54, 1.807) is 12.1 Å². The minimum atomic E-state index is -0.962. The van der Waals surface area contributed by atoms with Crippen LogP contribution >= 0.6 is 0 Å². The van der Waals surface area contributed by atoms with Crippen LogP contribution in [-0.2, 0) is 4.74 Å². The Morgan fingerprint density at radius 1 is 1.00 bits per heavy atom. The third-order valence-electron chi connectivity index (χ3n) is 5.73. The minimum Gasteiger partial charge on any atom is -0.497 e. The topological polar surface area (TPSA) is 152 Å². The number of nitrogens with one attached hydrogen (secondary N) is 1. The summed E-state index contributed by atoms with van der Waals surface area (Å²) in [6, 6.07) is 12.0. The molecule has 0 aliphatic carbocycles. The Morgan fingerprint density at radius 3 is 2.27 bits per heavy atom. The highest BCUT2D eigenvalue weighted by atomic mass is 16.7. The lowest BCUT2D eigenvalue weighted by Gasteiger charge is -2.14. The molecule has 12 nitrogen and oxygen atoms in total. The summed E-state index contributed by atoms with van der Waals surface area (Å²) in [4.78, 5) is 42.3. The number of carbonyl (C=O) groups excluding carboxylic acids is 1. The smallest absolute Gasteiger partial charge is 0.497 e. The van der Waals surface area contributed by atoms with Gasteiger partial charge in [-0.1, -0.05) is 7.43 Å². The van der Waals surface area contributed by atoms with Gasteiger partial charge in [0.1, 0.15) is 47.4 Å². The van der Waals surface area contributed by atoms with E-state index in [1.807, 2.05) is 26.0 Å². The standard InChI is InChI=1S/C27H25N3O9.CH4.65H2/c1-15-11-17(25-28-21-13-20(35-3)14-22(36-4)23(21)26(31)29-25)12-16(2)24(15)37-9-10-38-27(32)39-19-7-5-18(6-8-19)30(33)34;;;;;;;;;;;;;;;;;;;;;;;;;;;;;;;;;;;;;;;;;;;;;;;;;;;;;;;;;;;;;;;;;;/h5-8,11-14H,9-10H2,1-4H3,(H,28,29,31);1H4;65*1H. The number of aromatic nitrogens is 2. The summed E-state index contributed by atoms with van der Waals surface area (Å²) in [5.41, 5.74) is 2.21. The summed E-state index contributed by atoms with van der Waals surface area (Å²) in [6.07, 6.45) is -0.962. The Bertz CT molecular complexity index is 1680. The molecule has 1 N–H and O–H groups in total. The molecular weight excluding hydrogens is 522 g/mol. The number of hydrogen-bond donors (Lipinski definition) is 1. The van der Waals surface area contributed by atoms with Crippen molar-refractivity contribution in [3.8, 4) is 34.4 Å². The predicted octanol–water partition coefficient (Wildman–Crippen LogP) is 21.4. The van der Waals surface area contributed by atoms with Crippen LogP contribution in [-0.4, -0.2) is 48.5 Å². The SMILES string of the molecule is C.COc1cc(OC)c2c(=O)[nH]c(-c3cc(C)c(OCCOC(=O)Oc4ccc([N+](=O)[O-])cc4)c(C)c3)nc2c1.[HH].[HH].[HH].[HH].[HH].[HH].[HH].[HH].[HH].[HH].[HH].[HH].[HH].[HH].[HH].[HH].[HH].[HH].[HH].[HH].[HH].[HH].[HH].[HH].[HH].[HH].[HH].[HH].[HH].[HH].[HH].[HH].[HH].[HH].[HH].[HH].[HH].[HH].[HH].[HH].[HH].[HH].[HH].[HH].[HH].[HH].[HH].[HH].[HH].[HH].[HH].[HH].[HH].[HH].[HH].[HH].[HH].[HH].[HH].[HH].[HH].[HH].[HH].[HH].[HH]. The van der Waals surface area contributed by atoms with Crippen molar-refractivity contribution < 1.29 is 126 Å². The Kier molecular flexibility index (Phi) is 9.28. The molecule has 0 atom stereocenters. The number of nitro groups is 1. The summed E-state index contributed by atoms with van der Waals surface area (Å²) in [6.45, 7) is 3.66. The average molecular weight is 683 g/mol. The second kappa shape index (κ2) is 12.6. The van der Waals surface area contributed by atoms with Gasteiger partial charge in [0.2, 0.25) is 0 Å².